The van der Waals surface area contributed by atoms with Crippen molar-refractivity contribution >= 4 is 27.3 Å². The van der Waals surface area contributed by atoms with Crippen LogP contribution in [0, 0.1) is 25.5 Å². The van der Waals surface area contributed by atoms with Gasteiger partial charge >= 0.3 is 0 Å². The molecule has 2 heterocycles. The topological polar surface area (TPSA) is 57.7 Å². The standard InChI is InChI=1S/C17H18F2N2O3S2/c1-11-9-14(12(2)25-11)17(22)20-5-7-21(8-6-20)26(23,24)16-10-13(18)3-4-15(16)19/h3-4,9-10H,5-8H2,1-2H3. The van der Waals surface area contributed by atoms with Crippen molar-refractivity contribution in [3.8, 4) is 0 Å². The van der Waals surface area contributed by atoms with Gasteiger partial charge in [0.15, 0.2) is 0 Å². The van der Waals surface area contributed by atoms with Gasteiger partial charge in [-0.05, 0) is 38.1 Å². The van der Waals surface area contributed by atoms with E-state index in [2.05, 4.69) is 0 Å². The second-order valence-corrected chi connectivity index (χ2v) is 9.46. The zero-order valence-electron chi connectivity index (χ0n) is 14.3. The van der Waals surface area contributed by atoms with Crippen LogP contribution >= 0.6 is 11.3 Å². The summed E-state index contributed by atoms with van der Waals surface area (Å²) in [7, 11) is -4.15. The summed E-state index contributed by atoms with van der Waals surface area (Å²) in [5, 5.41) is 0. The van der Waals surface area contributed by atoms with Crippen LogP contribution in [-0.2, 0) is 10.0 Å². The fourth-order valence-corrected chi connectivity index (χ4v) is 5.37. The van der Waals surface area contributed by atoms with Crippen LogP contribution in [0.3, 0.4) is 0 Å². The molecule has 0 unspecified atom stereocenters. The predicted octanol–water partition coefficient (Wildman–Crippen LogP) is 2.79. The highest BCUT2D eigenvalue weighted by atomic mass is 32.2. The molecule has 0 atom stereocenters. The number of halogens is 2. The summed E-state index contributed by atoms with van der Waals surface area (Å²) < 4.78 is 53.4. The molecule has 5 nitrogen and oxygen atoms in total. The Balaban J connectivity index is 1.75. The molecule has 1 aromatic carbocycles. The molecule has 26 heavy (non-hydrogen) atoms. The number of hydrogen-bond donors (Lipinski definition) is 0. The molecule has 0 spiro atoms. The molecule has 1 aromatic heterocycles. The lowest BCUT2D eigenvalue weighted by Gasteiger charge is -2.34. The summed E-state index contributed by atoms with van der Waals surface area (Å²) in [6.45, 7) is 4.26. The number of amides is 1. The summed E-state index contributed by atoms with van der Waals surface area (Å²) in [6, 6.07) is 4.17. The molecular weight excluding hydrogens is 382 g/mol. The van der Waals surface area contributed by atoms with Crippen molar-refractivity contribution in [2.24, 2.45) is 0 Å². The van der Waals surface area contributed by atoms with Crippen LogP contribution in [-0.4, -0.2) is 49.7 Å². The number of hydrogen-bond acceptors (Lipinski definition) is 4. The lowest BCUT2D eigenvalue weighted by atomic mass is 10.2. The largest absolute Gasteiger partial charge is 0.336 e. The minimum atomic E-state index is -4.15. The number of nitrogens with zero attached hydrogens (tertiary/aromatic N) is 2. The summed E-state index contributed by atoms with van der Waals surface area (Å²) in [5.41, 5.74) is 0.625. The maximum Gasteiger partial charge on any atom is 0.255 e. The quantitative estimate of drug-likeness (QED) is 0.796. The van der Waals surface area contributed by atoms with Crippen LogP contribution < -0.4 is 0 Å². The number of carbonyl (C=O) groups is 1. The third-order valence-corrected chi connectivity index (χ3v) is 7.19. The van der Waals surface area contributed by atoms with E-state index in [1.54, 1.807) is 4.90 Å². The van der Waals surface area contributed by atoms with Gasteiger partial charge in [0.05, 0.1) is 5.56 Å². The van der Waals surface area contributed by atoms with E-state index in [0.717, 1.165) is 26.2 Å². The number of rotatable bonds is 3. The minimum Gasteiger partial charge on any atom is -0.336 e. The van der Waals surface area contributed by atoms with Gasteiger partial charge < -0.3 is 4.90 Å². The van der Waals surface area contributed by atoms with Crippen LogP contribution in [0.2, 0.25) is 0 Å². The summed E-state index contributed by atoms with van der Waals surface area (Å²) in [6.07, 6.45) is 0. The maximum absolute atomic E-state index is 13.9. The maximum atomic E-state index is 13.9. The summed E-state index contributed by atoms with van der Waals surface area (Å²) in [4.78, 5) is 15.5. The number of aryl methyl sites for hydroxylation is 2. The van der Waals surface area contributed by atoms with Gasteiger partial charge in [0, 0.05) is 35.9 Å². The van der Waals surface area contributed by atoms with Gasteiger partial charge in [-0.1, -0.05) is 0 Å². The average molecular weight is 400 g/mol. The van der Waals surface area contributed by atoms with Crippen molar-refractivity contribution in [1.82, 2.24) is 9.21 Å². The SMILES string of the molecule is Cc1cc(C(=O)N2CCN(S(=O)(=O)c3cc(F)ccc3F)CC2)c(C)s1. The van der Waals surface area contributed by atoms with Crippen molar-refractivity contribution < 1.29 is 22.0 Å². The summed E-state index contributed by atoms with van der Waals surface area (Å²) in [5.74, 6) is -1.95. The minimum absolute atomic E-state index is 0.0339. The fourth-order valence-electron chi connectivity index (χ4n) is 2.96. The normalized spacial score (nSPS) is 16.1. The first-order valence-electron chi connectivity index (χ1n) is 8.01. The molecule has 0 bridgehead atoms. The first-order chi connectivity index (χ1) is 12.2. The van der Waals surface area contributed by atoms with E-state index < -0.39 is 26.6 Å². The lowest BCUT2D eigenvalue weighted by Crippen LogP contribution is -2.50. The smallest absolute Gasteiger partial charge is 0.255 e. The predicted molar refractivity (Wildman–Crippen MR) is 94.8 cm³/mol. The van der Waals surface area contributed by atoms with Gasteiger partial charge in [-0.2, -0.15) is 4.31 Å². The fraction of sp³-hybridized carbons (Fsp3) is 0.353. The third kappa shape index (κ3) is 3.51. The third-order valence-electron chi connectivity index (χ3n) is 4.31. The van der Waals surface area contributed by atoms with Gasteiger partial charge in [0.1, 0.15) is 16.5 Å². The number of sulfonamides is 1. The van der Waals surface area contributed by atoms with E-state index in [0.29, 0.717) is 11.6 Å². The van der Waals surface area contributed by atoms with E-state index in [1.165, 1.54) is 11.3 Å². The summed E-state index contributed by atoms with van der Waals surface area (Å²) >= 11 is 1.54. The Labute approximate surface area is 154 Å². The van der Waals surface area contributed by atoms with E-state index >= 15 is 0 Å². The molecule has 9 heteroatoms. The van der Waals surface area contributed by atoms with Crippen LogP contribution in [0.15, 0.2) is 29.2 Å². The second-order valence-electron chi connectivity index (χ2n) is 6.10. The van der Waals surface area contributed by atoms with Crippen molar-refractivity contribution in [2.45, 2.75) is 18.7 Å². The highest BCUT2D eigenvalue weighted by Gasteiger charge is 2.33. The van der Waals surface area contributed by atoms with Crippen molar-refractivity contribution in [2.75, 3.05) is 26.2 Å². The average Bonchev–Trinajstić information content (AvgIpc) is 2.94. The first kappa shape index (κ1) is 18.9. The Bertz CT molecular complexity index is 949. The number of thiophene rings is 1. The van der Waals surface area contributed by atoms with Crippen molar-refractivity contribution in [3.63, 3.8) is 0 Å². The van der Waals surface area contributed by atoms with Crippen LogP contribution in [0.1, 0.15) is 20.1 Å². The van der Waals surface area contributed by atoms with E-state index in [-0.39, 0.29) is 32.1 Å². The monoisotopic (exact) mass is 400 g/mol. The molecule has 1 saturated heterocycles. The second kappa shape index (κ2) is 7.05. The molecule has 140 valence electrons. The van der Waals surface area contributed by atoms with Gasteiger partial charge in [-0.15, -0.1) is 11.3 Å². The van der Waals surface area contributed by atoms with Crippen LogP contribution in [0.5, 0.6) is 0 Å². The first-order valence-corrected chi connectivity index (χ1v) is 10.3. The molecule has 0 radical (unpaired) electrons. The molecule has 1 amide bonds. The van der Waals surface area contributed by atoms with Crippen LogP contribution in [0.4, 0.5) is 8.78 Å². The van der Waals surface area contributed by atoms with Crippen LogP contribution in [0.25, 0.3) is 0 Å². The Morgan fingerprint density at radius 1 is 1.08 bits per heavy atom. The Morgan fingerprint density at radius 3 is 2.31 bits per heavy atom. The Morgan fingerprint density at radius 2 is 1.73 bits per heavy atom. The molecular formula is C17H18F2N2O3S2. The molecule has 1 fully saturated rings. The van der Waals surface area contributed by atoms with Gasteiger partial charge in [-0.25, -0.2) is 17.2 Å². The highest BCUT2D eigenvalue weighted by Crippen LogP contribution is 2.25. The highest BCUT2D eigenvalue weighted by molar-refractivity contribution is 7.89. The van der Waals surface area contributed by atoms with Crippen molar-refractivity contribution in [3.05, 3.63) is 51.2 Å². The molecule has 0 saturated carbocycles. The van der Waals surface area contributed by atoms with E-state index in [1.807, 2.05) is 19.9 Å². The van der Waals surface area contributed by atoms with Gasteiger partial charge in [-0.3, -0.25) is 4.79 Å². The lowest BCUT2D eigenvalue weighted by molar-refractivity contribution is 0.0697. The molecule has 1 aliphatic heterocycles. The Hall–Kier alpha value is -1.84. The number of piperazine rings is 1. The van der Waals surface area contributed by atoms with Gasteiger partial charge in [0.25, 0.3) is 5.91 Å². The Kier molecular flexibility index (Phi) is 5.14. The molecule has 3 rings (SSSR count). The van der Waals surface area contributed by atoms with Gasteiger partial charge in [0.2, 0.25) is 10.0 Å². The number of carbonyl (C=O) groups excluding carboxylic acids is 1. The number of benzene rings is 1. The van der Waals surface area contributed by atoms with E-state index in [9.17, 15) is 22.0 Å². The molecule has 0 aliphatic carbocycles. The molecule has 2 aromatic rings. The zero-order chi connectivity index (χ0) is 19.1. The molecule has 0 N–H and O–H groups in total. The molecule has 1 aliphatic rings. The zero-order valence-corrected chi connectivity index (χ0v) is 16.0. The van der Waals surface area contributed by atoms with E-state index in [4.69, 9.17) is 0 Å². The van der Waals surface area contributed by atoms with Crippen molar-refractivity contribution in [1.29, 1.82) is 0 Å².